The fraction of sp³-hybridized carbons (Fsp3) is 0.872. The summed E-state index contributed by atoms with van der Waals surface area (Å²) in [5.41, 5.74) is 11.0. The molecule has 62 heavy (non-hydrogen) atoms. The highest BCUT2D eigenvalue weighted by molar-refractivity contribution is 5.75. The summed E-state index contributed by atoms with van der Waals surface area (Å²) in [4.78, 5) is 28.3. The standard InChI is InChI=1S/C39H73N5O18/c40-4-7-51-9-11-53-13-15-55-17-19-57-21-23-59-25-27-61-29-28-60-26-24-58-22-20-56-18-16-54-14-12-52-10-8-50-6-3-34(46)42-5-1-2-32-30-44(39(49)43-37(32)41)38-36(48)35(47)33(31-45)62-38/h30,33,35-36,38,45,47-48H,1-29,31,40H2,(H,42,46)(H2,41,43,49)/t33-,35?,36+,38-/m1/s1. The lowest BCUT2D eigenvalue weighted by atomic mass is 10.1. The van der Waals surface area contributed by atoms with Crippen LogP contribution in [0.3, 0.4) is 0 Å². The van der Waals surface area contributed by atoms with Crippen LogP contribution < -0.4 is 22.5 Å². The van der Waals surface area contributed by atoms with E-state index < -0.39 is 36.8 Å². The third-order valence-corrected chi connectivity index (χ3v) is 8.63. The van der Waals surface area contributed by atoms with Crippen LogP contribution in [-0.2, 0) is 72.8 Å². The van der Waals surface area contributed by atoms with Crippen molar-refractivity contribution in [3.8, 4) is 0 Å². The molecule has 1 aliphatic heterocycles. The Labute approximate surface area is 363 Å². The van der Waals surface area contributed by atoms with Crippen molar-refractivity contribution >= 4 is 11.7 Å². The second kappa shape index (κ2) is 38.9. The van der Waals surface area contributed by atoms with Gasteiger partial charge in [-0.2, -0.15) is 4.98 Å². The number of nitrogens with zero attached hydrogens (tertiary/aromatic N) is 2. The third-order valence-electron chi connectivity index (χ3n) is 8.63. The van der Waals surface area contributed by atoms with E-state index >= 15 is 0 Å². The fourth-order valence-electron chi connectivity index (χ4n) is 5.37. The minimum Gasteiger partial charge on any atom is -0.394 e. The maximum atomic E-state index is 12.4. The highest BCUT2D eigenvalue weighted by Crippen LogP contribution is 2.28. The first kappa shape index (κ1) is 55.6. The predicted octanol–water partition coefficient (Wildman–Crippen LogP) is -2.97. The zero-order valence-corrected chi connectivity index (χ0v) is 36.1. The number of aromatic nitrogens is 2. The van der Waals surface area contributed by atoms with Gasteiger partial charge in [-0.3, -0.25) is 9.36 Å². The van der Waals surface area contributed by atoms with Crippen molar-refractivity contribution in [2.24, 2.45) is 5.73 Å². The predicted molar refractivity (Wildman–Crippen MR) is 221 cm³/mol. The zero-order chi connectivity index (χ0) is 44.7. The molecule has 1 aromatic heterocycles. The summed E-state index contributed by atoms with van der Waals surface area (Å²) in [5, 5.41) is 32.4. The van der Waals surface area contributed by atoms with Crippen molar-refractivity contribution < 1.29 is 81.7 Å². The van der Waals surface area contributed by atoms with Gasteiger partial charge in [-0.1, -0.05) is 0 Å². The lowest BCUT2D eigenvalue weighted by Crippen LogP contribution is -2.36. The van der Waals surface area contributed by atoms with Gasteiger partial charge in [0.05, 0.1) is 165 Å². The van der Waals surface area contributed by atoms with E-state index in [9.17, 15) is 24.9 Å². The first-order valence-corrected chi connectivity index (χ1v) is 21.3. The minimum absolute atomic E-state index is 0.0209. The monoisotopic (exact) mass is 899 g/mol. The third kappa shape index (κ3) is 27.6. The van der Waals surface area contributed by atoms with Crippen molar-refractivity contribution in [2.45, 2.75) is 43.8 Å². The van der Waals surface area contributed by atoms with E-state index in [-0.39, 0.29) is 24.8 Å². The molecule has 4 atom stereocenters. The number of carbonyl (C=O) groups is 1. The number of amides is 1. The molecule has 8 N–H and O–H groups in total. The molecule has 1 aromatic rings. The molecule has 0 bridgehead atoms. The molecule has 2 rings (SSSR count). The first-order valence-electron chi connectivity index (χ1n) is 21.3. The molecule has 23 heteroatoms. The van der Waals surface area contributed by atoms with Crippen LogP contribution in [0.5, 0.6) is 0 Å². The van der Waals surface area contributed by atoms with Crippen LogP contribution in [0.4, 0.5) is 5.82 Å². The quantitative estimate of drug-likeness (QED) is 0.0357. The number of ether oxygens (including phenoxy) is 13. The van der Waals surface area contributed by atoms with Crippen LogP contribution in [-0.4, -0.2) is 227 Å². The molecule has 0 spiro atoms. The molecule has 1 amide bonds. The van der Waals surface area contributed by atoms with Crippen LogP contribution in [0.15, 0.2) is 11.0 Å². The minimum atomic E-state index is -1.43. The Morgan fingerprint density at radius 3 is 1.35 bits per heavy atom. The number of rotatable bonds is 44. The number of hydrogen-bond donors (Lipinski definition) is 6. The molecule has 1 fully saturated rings. The van der Waals surface area contributed by atoms with Gasteiger partial charge in [-0.15, -0.1) is 0 Å². The van der Waals surface area contributed by atoms with E-state index in [0.717, 1.165) is 4.57 Å². The largest absolute Gasteiger partial charge is 0.394 e. The molecule has 0 saturated carbocycles. The Balaban J connectivity index is 1.24. The second-order valence-corrected chi connectivity index (χ2v) is 13.4. The molecule has 2 heterocycles. The van der Waals surface area contributed by atoms with Gasteiger partial charge in [0.2, 0.25) is 5.91 Å². The fourth-order valence-corrected chi connectivity index (χ4v) is 5.37. The Kier molecular flexibility index (Phi) is 34.9. The summed E-state index contributed by atoms with van der Waals surface area (Å²) in [6.45, 7) is 11.3. The SMILES string of the molecule is NCCOCCOCCOCCOCCOCCOCCOCCOCCOCCOCCOCCOCCC(=O)NCCCc1cn([C@@H]2O[C@H](CO)C(O)[C@@H]2O)c(=O)nc1N. The first-order chi connectivity index (χ1) is 30.4. The smallest absolute Gasteiger partial charge is 0.351 e. The molecular formula is C39H73N5O18. The van der Waals surface area contributed by atoms with Gasteiger partial charge in [0.15, 0.2) is 6.23 Å². The molecule has 1 saturated heterocycles. The summed E-state index contributed by atoms with van der Waals surface area (Å²) in [6, 6.07) is 0. The number of nitrogens with two attached hydrogens (primary N) is 2. The van der Waals surface area contributed by atoms with Crippen molar-refractivity contribution in [2.75, 3.05) is 184 Å². The van der Waals surface area contributed by atoms with Crippen LogP contribution in [0.25, 0.3) is 0 Å². The number of aryl methyl sites for hydroxylation is 1. The van der Waals surface area contributed by atoms with E-state index in [1.807, 2.05) is 0 Å². The van der Waals surface area contributed by atoms with Crippen LogP contribution in [0, 0.1) is 0 Å². The molecule has 0 aliphatic carbocycles. The Morgan fingerprint density at radius 1 is 0.629 bits per heavy atom. The van der Waals surface area contributed by atoms with E-state index in [2.05, 4.69) is 10.3 Å². The number of carbonyl (C=O) groups excluding carboxylic acids is 1. The Morgan fingerprint density at radius 2 is 1.00 bits per heavy atom. The number of nitrogen functional groups attached to an aromatic ring is 1. The van der Waals surface area contributed by atoms with Gasteiger partial charge in [0, 0.05) is 31.3 Å². The van der Waals surface area contributed by atoms with Crippen molar-refractivity contribution in [1.29, 1.82) is 0 Å². The van der Waals surface area contributed by atoms with Gasteiger partial charge in [-0.05, 0) is 12.8 Å². The summed E-state index contributed by atoms with van der Waals surface area (Å²) < 4.78 is 71.7. The molecular weight excluding hydrogens is 826 g/mol. The van der Waals surface area contributed by atoms with Gasteiger partial charge < -0.3 is 93.7 Å². The highest BCUT2D eigenvalue weighted by atomic mass is 16.6. The maximum absolute atomic E-state index is 12.4. The van der Waals surface area contributed by atoms with Crippen molar-refractivity contribution in [3.05, 3.63) is 22.2 Å². The molecule has 0 aromatic carbocycles. The van der Waals surface area contributed by atoms with E-state index in [0.29, 0.717) is 183 Å². The van der Waals surface area contributed by atoms with E-state index in [4.69, 9.17) is 73.0 Å². The number of anilines is 1. The van der Waals surface area contributed by atoms with E-state index in [1.54, 1.807) is 0 Å². The van der Waals surface area contributed by atoms with E-state index in [1.165, 1.54) is 6.20 Å². The lowest BCUT2D eigenvalue weighted by Gasteiger charge is -2.18. The highest BCUT2D eigenvalue weighted by Gasteiger charge is 2.44. The Bertz CT molecular complexity index is 1270. The van der Waals surface area contributed by atoms with Crippen LogP contribution in [0.2, 0.25) is 0 Å². The molecule has 1 unspecified atom stereocenters. The lowest BCUT2D eigenvalue weighted by molar-refractivity contribution is -0.122. The summed E-state index contributed by atoms with van der Waals surface area (Å²) >= 11 is 0. The summed E-state index contributed by atoms with van der Waals surface area (Å²) in [7, 11) is 0. The Hall–Kier alpha value is -2.53. The molecule has 362 valence electrons. The number of aliphatic hydroxyl groups is 3. The summed E-state index contributed by atoms with van der Waals surface area (Å²) in [6.07, 6.45) is -2.58. The number of nitrogens with one attached hydrogen (secondary N) is 1. The van der Waals surface area contributed by atoms with Crippen LogP contribution >= 0.6 is 0 Å². The molecule has 1 aliphatic rings. The average Bonchev–Trinajstić information content (AvgIpc) is 3.55. The summed E-state index contributed by atoms with van der Waals surface area (Å²) in [5.74, 6) is -0.161. The number of hydrogen-bond acceptors (Lipinski definition) is 21. The average molecular weight is 900 g/mol. The normalized spacial score (nSPS) is 17.6. The second-order valence-electron chi connectivity index (χ2n) is 13.4. The van der Waals surface area contributed by atoms with Crippen molar-refractivity contribution in [1.82, 2.24) is 14.9 Å². The number of aliphatic hydroxyl groups excluding tert-OH is 3. The molecule has 23 nitrogen and oxygen atoms in total. The zero-order valence-electron chi connectivity index (χ0n) is 36.1. The maximum Gasteiger partial charge on any atom is 0.351 e. The van der Waals surface area contributed by atoms with Gasteiger partial charge >= 0.3 is 5.69 Å². The topological polar surface area (TPSA) is 297 Å². The van der Waals surface area contributed by atoms with Gasteiger partial charge in [0.1, 0.15) is 24.1 Å². The molecule has 0 radical (unpaired) electrons. The van der Waals surface area contributed by atoms with Gasteiger partial charge in [0.25, 0.3) is 0 Å². The van der Waals surface area contributed by atoms with Crippen molar-refractivity contribution in [3.63, 3.8) is 0 Å². The van der Waals surface area contributed by atoms with Gasteiger partial charge in [-0.25, -0.2) is 4.79 Å². The van der Waals surface area contributed by atoms with Crippen LogP contribution in [0.1, 0.15) is 24.6 Å².